The maximum absolute atomic E-state index is 2.24. The van der Waals surface area contributed by atoms with Crippen LogP contribution in [0, 0.1) is 0 Å². The molecule has 1 heterocycles. The molecule has 0 fully saturated rings. The molecule has 0 spiro atoms. The summed E-state index contributed by atoms with van der Waals surface area (Å²) in [6.07, 6.45) is 0. The highest BCUT2D eigenvalue weighted by atomic mass is 15.2. The number of fused-ring (bicyclic) bond motifs is 3. The third-order valence-corrected chi connectivity index (χ3v) is 4.02. The van der Waals surface area contributed by atoms with Gasteiger partial charge in [0.25, 0.3) is 0 Å². The van der Waals surface area contributed by atoms with Crippen molar-refractivity contribution in [2.45, 2.75) is 6.54 Å². The largest absolute Gasteiger partial charge is 0.265 e. The molecule has 0 aliphatic carbocycles. The summed E-state index contributed by atoms with van der Waals surface area (Å²) < 4.78 is 0. The first-order chi connectivity index (χ1) is 9.93. The smallest absolute Gasteiger partial charge is 0.144 e. The summed E-state index contributed by atoms with van der Waals surface area (Å²) in [5.41, 5.74) is 6.88. The SMILES string of the molecule is c1ccc(C[NH+]2c3ccccc3-c3ccccc32)cc1. The van der Waals surface area contributed by atoms with Gasteiger partial charge in [-0.2, -0.15) is 0 Å². The minimum Gasteiger partial charge on any atom is -0.265 e. The fraction of sp³-hybridized carbons (Fsp3) is 0.0526. The van der Waals surface area contributed by atoms with Crippen LogP contribution in [-0.4, -0.2) is 0 Å². The molecule has 3 aromatic rings. The van der Waals surface area contributed by atoms with E-state index in [2.05, 4.69) is 78.9 Å². The maximum atomic E-state index is 2.24. The standard InChI is InChI=1S/C19H15N/c1-2-8-15(9-3-1)14-20-18-12-6-4-10-16(18)17-11-5-7-13-19(17)20/h1-13H,14H2/p+1. The second-order valence-electron chi connectivity index (χ2n) is 5.23. The molecular formula is C19H16N+. The number of rotatable bonds is 2. The number of quaternary nitrogens is 1. The molecule has 1 aliphatic heterocycles. The number of hydrogen-bond acceptors (Lipinski definition) is 0. The van der Waals surface area contributed by atoms with Crippen LogP contribution >= 0.6 is 0 Å². The van der Waals surface area contributed by atoms with Crippen LogP contribution in [0.4, 0.5) is 11.4 Å². The molecule has 1 aliphatic rings. The van der Waals surface area contributed by atoms with Crippen molar-refractivity contribution in [1.82, 2.24) is 0 Å². The minimum atomic E-state index is 0.995. The molecule has 1 N–H and O–H groups in total. The lowest BCUT2D eigenvalue weighted by Crippen LogP contribution is -2.99. The fourth-order valence-electron chi connectivity index (χ4n) is 3.10. The normalized spacial score (nSPS) is 13.0. The average Bonchev–Trinajstić information content (AvgIpc) is 2.84. The van der Waals surface area contributed by atoms with E-state index in [4.69, 9.17) is 0 Å². The molecule has 20 heavy (non-hydrogen) atoms. The van der Waals surface area contributed by atoms with Crippen LogP contribution in [0.25, 0.3) is 11.1 Å². The summed E-state index contributed by atoms with van der Waals surface area (Å²) in [4.78, 5) is 1.45. The van der Waals surface area contributed by atoms with Gasteiger partial charge in [-0.15, -0.1) is 0 Å². The summed E-state index contributed by atoms with van der Waals surface area (Å²) in [7, 11) is 0. The van der Waals surface area contributed by atoms with Crippen molar-refractivity contribution in [2.24, 2.45) is 0 Å². The Morgan fingerprint density at radius 1 is 0.550 bits per heavy atom. The molecule has 1 heteroatoms. The molecule has 1 nitrogen and oxygen atoms in total. The number of nitrogens with one attached hydrogen (secondary N) is 1. The van der Waals surface area contributed by atoms with E-state index in [1.807, 2.05) is 0 Å². The first kappa shape index (κ1) is 11.4. The molecule has 4 rings (SSSR count). The van der Waals surface area contributed by atoms with Crippen LogP contribution in [0.5, 0.6) is 0 Å². The van der Waals surface area contributed by atoms with E-state index in [-0.39, 0.29) is 0 Å². The van der Waals surface area contributed by atoms with E-state index < -0.39 is 0 Å². The van der Waals surface area contributed by atoms with E-state index in [9.17, 15) is 0 Å². The molecular weight excluding hydrogens is 242 g/mol. The predicted octanol–water partition coefficient (Wildman–Crippen LogP) is 3.72. The van der Waals surface area contributed by atoms with Gasteiger partial charge in [0.1, 0.15) is 17.9 Å². The summed E-state index contributed by atoms with van der Waals surface area (Å²) in [5, 5.41) is 0. The average molecular weight is 258 g/mol. The van der Waals surface area contributed by atoms with Gasteiger partial charge in [0, 0.05) is 28.8 Å². The van der Waals surface area contributed by atoms with Gasteiger partial charge in [0.05, 0.1) is 0 Å². The van der Waals surface area contributed by atoms with E-state index in [0.717, 1.165) is 6.54 Å². The van der Waals surface area contributed by atoms with E-state index in [0.29, 0.717) is 0 Å². The maximum Gasteiger partial charge on any atom is 0.144 e. The van der Waals surface area contributed by atoms with Crippen molar-refractivity contribution in [3.05, 3.63) is 84.4 Å². The van der Waals surface area contributed by atoms with Gasteiger partial charge in [0.2, 0.25) is 0 Å². The van der Waals surface area contributed by atoms with Gasteiger partial charge in [-0.3, -0.25) is 4.90 Å². The molecule has 0 amide bonds. The van der Waals surface area contributed by atoms with Crippen molar-refractivity contribution in [3.63, 3.8) is 0 Å². The number of hydrogen-bond donors (Lipinski definition) is 1. The Hall–Kier alpha value is -2.38. The first-order valence-corrected chi connectivity index (χ1v) is 7.02. The molecule has 0 saturated carbocycles. The fourth-order valence-corrected chi connectivity index (χ4v) is 3.10. The molecule has 0 atom stereocenters. The molecule has 0 saturated heterocycles. The van der Waals surface area contributed by atoms with E-state index >= 15 is 0 Å². The highest BCUT2D eigenvalue weighted by Gasteiger charge is 2.30. The second-order valence-corrected chi connectivity index (χ2v) is 5.23. The van der Waals surface area contributed by atoms with Crippen LogP contribution in [0.15, 0.2) is 78.9 Å². The van der Waals surface area contributed by atoms with Gasteiger partial charge in [-0.1, -0.05) is 54.6 Å². The van der Waals surface area contributed by atoms with Crippen molar-refractivity contribution in [3.8, 4) is 11.1 Å². The van der Waals surface area contributed by atoms with Crippen LogP contribution in [0.1, 0.15) is 5.56 Å². The summed E-state index contributed by atoms with van der Waals surface area (Å²) >= 11 is 0. The van der Waals surface area contributed by atoms with Gasteiger partial charge in [-0.05, 0) is 12.1 Å². The quantitative estimate of drug-likeness (QED) is 0.714. The third kappa shape index (κ3) is 1.75. The zero-order valence-corrected chi connectivity index (χ0v) is 11.2. The van der Waals surface area contributed by atoms with E-state index in [1.54, 1.807) is 0 Å². The molecule has 3 aromatic carbocycles. The van der Waals surface area contributed by atoms with Crippen molar-refractivity contribution in [2.75, 3.05) is 0 Å². The monoisotopic (exact) mass is 258 g/mol. The van der Waals surface area contributed by atoms with E-state index in [1.165, 1.54) is 33.0 Å². The zero-order chi connectivity index (χ0) is 13.4. The lowest BCUT2D eigenvalue weighted by atomic mass is 10.1. The minimum absolute atomic E-state index is 0.995. The topological polar surface area (TPSA) is 4.44 Å². The van der Waals surface area contributed by atoms with Crippen molar-refractivity contribution >= 4 is 11.4 Å². The summed E-state index contributed by atoms with van der Waals surface area (Å²) in [5.74, 6) is 0. The third-order valence-electron chi connectivity index (χ3n) is 4.02. The predicted molar refractivity (Wildman–Crippen MR) is 82.3 cm³/mol. The number of benzene rings is 3. The second kappa shape index (κ2) is 4.62. The molecule has 0 aromatic heterocycles. The van der Waals surface area contributed by atoms with Gasteiger partial charge < -0.3 is 0 Å². The lowest BCUT2D eigenvalue weighted by Gasteiger charge is -2.14. The van der Waals surface area contributed by atoms with Gasteiger partial charge >= 0.3 is 0 Å². The Labute approximate surface area is 119 Å². The summed E-state index contributed by atoms with van der Waals surface area (Å²) in [6.45, 7) is 0.995. The summed E-state index contributed by atoms with van der Waals surface area (Å²) in [6, 6.07) is 28.2. The van der Waals surface area contributed by atoms with Crippen molar-refractivity contribution < 1.29 is 4.90 Å². The highest BCUT2D eigenvalue weighted by Crippen LogP contribution is 2.36. The molecule has 0 bridgehead atoms. The Morgan fingerprint density at radius 2 is 1.05 bits per heavy atom. The Bertz CT molecular complexity index is 701. The lowest BCUT2D eigenvalue weighted by molar-refractivity contribution is -0.772. The van der Waals surface area contributed by atoms with Gasteiger partial charge in [0.15, 0.2) is 0 Å². The van der Waals surface area contributed by atoms with Crippen LogP contribution in [0.3, 0.4) is 0 Å². The van der Waals surface area contributed by atoms with Crippen LogP contribution in [-0.2, 0) is 6.54 Å². The van der Waals surface area contributed by atoms with Crippen LogP contribution < -0.4 is 4.90 Å². The molecule has 0 unspecified atom stereocenters. The highest BCUT2D eigenvalue weighted by molar-refractivity contribution is 5.84. The zero-order valence-electron chi connectivity index (χ0n) is 11.2. The van der Waals surface area contributed by atoms with Crippen LogP contribution in [0.2, 0.25) is 0 Å². The van der Waals surface area contributed by atoms with Crippen molar-refractivity contribution in [1.29, 1.82) is 0 Å². The molecule has 96 valence electrons. The Morgan fingerprint density at radius 3 is 1.65 bits per heavy atom. The first-order valence-electron chi connectivity index (χ1n) is 7.02. The van der Waals surface area contributed by atoms with Gasteiger partial charge in [-0.25, -0.2) is 0 Å². The molecule has 0 radical (unpaired) electrons. The Balaban J connectivity index is 1.83. The Kier molecular flexibility index (Phi) is 2.65. The number of para-hydroxylation sites is 2.